The average molecular weight is 306 g/mol. The highest BCUT2D eigenvalue weighted by atomic mass is 31.2. The Hall–Kier alpha value is -0.135. The maximum atomic E-state index is 10.1. The first-order chi connectivity index (χ1) is 9.35. The Morgan fingerprint density at radius 2 is 2.05 bits per heavy atom. The fourth-order valence-corrected chi connectivity index (χ4v) is 2.42. The van der Waals surface area contributed by atoms with Crippen LogP contribution in [0.4, 0.5) is 0 Å². The van der Waals surface area contributed by atoms with E-state index in [1.165, 1.54) is 11.9 Å². The third-order valence-corrected chi connectivity index (χ3v) is 3.56. The van der Waals surface area contributed by atoms with Crippen molar-refractivity contribution in [1.82, 2.24) is 0 Å². The summed E-state index contributed by atoms with van der Waals surface area (Å²) in [5.41, 5.74) is 0. The van der Waals surface area contributed by atoms with Crippen LogP contribution in [0.3, 0.4) is 0 Å². The van der Waals surface area contributed by atoms with E-state index in [0.717, 1.165) is 6.42 Å². The molecule has 20 heavy (non-hydrogen) atoms. The van der Waals surface area contributed by atoms with Crippen LogP contribution in [0.2, 0.25) is 0 Å². The molecule has 1 aliphatic rings. The van der Waals surface area contributed by atoms with E-state index in [4.69, 9.17) is 14.2 Å². The molecule has 1 rings (SSSR count). The van der Waals surface area contributed by atoms with Crippen LogP contribution in [0.25, 0.3) is 0 Å². The topological polar surface area (TPSA) is 88.4 Å². The quantitative estimate of drug-likeness (QED) is 0.312. The van der Waals surface area contributed by atoms with Crippen LogP contribution in [0.1, 0.15) is 13.3 Å². The second kappa shape index (κ2) is 8.34. The minimum atomic E-state index is -3.25. The van der Waals surface area contributed by atoms with Crippen molar-refractivity contribution in [3.63, 3.8) is 0 Å². The van der Waals surface area contributed by atoms with Gasteiger partial charge in [-0.25, -0.2) is 0 Å². The maximum absolute atomic E-state index is 10.1. The lowest BCUT2D eigenvalue weighted by Gasteiger charge is -2.18. The van der Waals surface area contributed by atoms with Gasteiger partial charge in [-0.3, -0.25) is 0 Å². The highest BCUT2D eigenvalue weighted by molar-refractivity contribution is 7.65. The molecule has 1 unspecified atom stereocenters. The molecule has 3 N–H and O–H groups in total. The van der Waals surface area contributed by atoms with Crippen molar-refractivity contribution in [3.8, 4) is 0 Å². The number of rotatable bonds is 8. The van der Waals surface area contributed by atoms with Crippen molar-refractivity contribution in [2.45, 2.75) is 37.7 Å². The van der Waals surface area contributed by atoms with Gasteiger partial charge in [0.1, 0.15) is 33.5 Å². The van der Waals surface area contributed by atoms with Crippen molar-refractivity contribution in [3.05, 3.63) is 11.9 Å². The van der Waals surface area contributed by atoms with Crippen LogP contribution in [-0.2, 0) is 14.2 Å². The van der Waals surface area contributed by atoms with E-state index in [1.807, 2.05) is 6.92 Å². The Bertz CT molecular complexity index is 358. The maximum Gasteiger partial charge on any atom is 0.142 e. The zero-order valence-electron chi connectivity index (χ0n) is 12.0. The minimum absolute atomic E-state index is 0.277. The fourth-order valence-electron chi connectivity index (χ4n) is 1.98. The van der Waals surface area contributed by atoms with Gasteiger partial charge < -0.3 is 29.1 Å². The summed E-state index contributed by atoms with van der Waals surface area (Å²) in [6, 6.07) is -0.277. The van der Waals surface area contributed by atoms with Crippen molar-refractivity contribution in [1.29, 1.82) is 0 Å². The van der Waals surface area contributed by atoms with Crippen molar-refractivity contribution >= 4 is 21.5 Å². The Labute approximate surface area is 120 Å². The van der Waals surface area contributed by atoms with Crippen LogP contribution < -0.4 is 0 Å². The Morgan fingerprint density at radius 3 is 2.65 bits per heavy atom. The lowest BCUT2D eigenvalue weighted by Crippen LogP contribution is -2.36. The summed E-state index contributed by atoms with van der Waals surface area (Å²) in [4.78, 5) is 18.4. The molecule has 0 radical (unpaired) electrons. The predicted molar refractivity (Wildman–Crippen MR) is 81.7 cm³/mol. The molecule has 0 aliphatic carbocycles. The molecule has 0 amide bonds. The zero-order chi connectivity index (χ0) is 15.2. The first-order valence-electron chi connectivity index (χ1n) is 6.76. The van der Waals surface area contributed by atoms with E-state index in [1.54, 1.807) is 7.85 Å². The molecule has 4 atom stereocenters. The lowest BCUT2D eigenvalue weighted by atomic mass is 9.93. The normalized spacial score (nSPS) is 31.2. The zero-order valence-corrected chi connectivity index (χ0v) is 12.9. The average Bonchev–Trinajstić information content (AvgIpc) is 2.62. The number of hydrogen-bond donors (Lipinski definition) is 3. The molecule has 116 valence electrons. The Morgan fingerprint density at radius 1 is 1.35 bits per heavy atom. The Kier molecular flexibility index (Phi) is 7.47. The largest absolute Gasteiger partial charge is 0.387 e. The number of hydrogen-bond acceptors (Lipinski definition) is 6. The highest BCUT2D eigenvalue weighted by Gasteiger charge is 2.40. The molecule has 0 aromatic carbocycles. The Balaban J connectivity index is 2.42. The molecule has 1 fully saturated rings. The molecule has 1 aliphatic heterocycles. The van der Waals surface area contributed by atoms with Crippen molar-refractivity contribution in [2.24, 2.45) is 0 Å². The van der Waals surface area contributed by atoms with Gasteiger partial charge in [0.25, 0.3) is 0 Å². The van der Waals surface area contributed by atoms with Gasteiger partial charge in [0.05, 0.1) is 19.2 Å². The molecular formula is C12H24BO6P. The number of ether oxygens (including phenoxy) is 3. The first-order valence-corrected chi connectivity index (χ1v) is 8.71. The molecule has 0 bridgehead atoms. The van der Waals surface area contributed by atoms with E-state index in [-0.39, 0.29) is 6.00 Å². The summed E-state index contributed by atoms with van der Waals surface area (Å²) in [6.45, 7) is 3.58. The molecule has 0 saturated carbocycles. The van der Waals surface area contributed by atoms with Gasteiger partial charge in [0, 0.05) is 6.61 Å². The third-order valence-electron chi connectivity index (χ3n) is 2.91. The summed E-state index contributed by atoms with van der Waals surface area (Å²) in [7, 11) is -1.45. The van der Waals surface area contributed by atoms with E-state index >= 15 is 0 Å². The van der Waals surface area contributed by atoms with Crippen LogP contribution in [-0.4, -0.2) is 73.2 Å². The molecule has 0 spiro atoms. The van der Waals surface area contributed by atoms with E-state index < -0.39 is 25.7 Å². The van der Waals surface area contributed by atoms with Crippen LogP contribution in [0.15, 0.2) is 11.9 Å². The van der Waals surface area contributed by atoms with Crippen LogP contribution in [0.5, 0.6) is 0 Å². The molecule has 1 heterocycles. The first kappa shape index (κ1) is 17.9. The standard InChI is InChI=1S/C12H24BO6P/c1-3-5-17-6-7-18-11-10(14)9(19-12(11)13)4-8-20(2,15)16/h4,8-12,14-16H,2-3,5-7,13H2,1H3/b8-4+/t9-,10+,11?,12-/m1/s1. The van der Waals surface area contributed by atoms with E-state index in [2.05, 4.69) is 6.30 Å². The summed E-state index contributed by atoms with van der Waals surface area (Å²) in [5, 5.41) is 10.1. The van der Waals surface area contributed by atoms with Gasteiger partial charge in [-0.1, -0.05) is 6.92 Å². The summed E-state index contributed by atoms with van der Waals surface area (Å²) in [6.07, 6.45) is 3.69. The van der Waals surface area contributed by atoms with Crippen molar-refractivity contribution < 1.29 is 29.1 Å². The molecule has 6 nitrogen and oxygen atoms in total. The smallest absolute Gasteiger partial charge is 0.142 e. The minimum Gasteiger partial charge on any atom is -0.387 e. The van der Waals surface area contributed by atoms with Gasteiger partial charge in [0.2, 0.25) is 0 Å². The predicted octanol–water partition coefficient (Wildman–Crippen LogP) is -0.705. The van der Waals surface area contributed by atoms with Crippen molar-refractivity contribution in [2.75, 3.05) is 19.8 Å². The molecule has 0 aromatic rings. The van der Waals surface area contributed by atoms with Gasteiger partial charge in [-0.05, 0) is 24.6 Å². The van der Waals surface area contributed by atoms with Crippen LogP contribution in [0, 0.1) is 0 Å². The fraction of sp³-hybridized carbons (Fsp3) is 0.750. The van der Waals surface area contributed by atoms with Crippen LogP contribution >= 0.6 is 7.34 Å². The highest BCUT2D eigenvalue weighted by Crippen LogP contribution is 2.36. The number of aliphatic hydroxyl groups excluding tert-OH is 1. The summed E-state index contributed by atoms with van der Waals surface area (Å²) >= 11 is 0. The second-order valence-corrected chi connectivity index (χ2v) is 6.74. The lowest BCUT2D eigenvalue weighted by molar-refractivity contribution is -0.0421. The summed E-state index contributed by atoms with van der Waals surface area (Å²) < 4.78 is 16.4. The molecule has 0 aromatic heterocycles. The van der Waals surface area contributed by atoms with E-state index in [0.29, 0.717) is 19.8 Å². The third kappa shape index (κ3) is 6.10. The molecular weight excluding hydrogens is 282 g/mol. The SMILES string of the molecule is B[C@@H]1O[C@H](/C=C/P(=C)(O)O)[C@H](O)C1OCCOCCC. The molecule has 1 saturated heterocycles. The second-order valence-electron chi connectivity index (χ2n) is 4.87. The monoisotopic (exact) mass is 306 g/mol. The summed E-state index contributed by atoms with van der Waals surface area (Å²) in [5.74, 6) is 1.18. The van der Waals surface area contributed by atoms with Gasteiger partial charge in [0.15, 0.2) is 0 Å². The van der Waals surface area contributed by atoms with E-state index in [9.17, 15) is 14.9 Å². The van der Waals surface area contributed by atoms with Gasteiger partial charge in [-0.2, -0.15) is 0 Å². The van der Waals surface area contributed by atoms with Gasteiger partial charge in [-0.15, -0.1) is 0 Å². The van der Waals surface area contributed by atoms with Gasteiger partial charge >= 0.3 is 0 Å². The number of aliphatic hydroxyl groups is 1. The molecule has 8 heteroatoms.